The van der Waals surface area contributed by atoms with E-state index in [1.54, 1.807) is 0 Å². The van der Waals surface area contributed by atoms with Gasteiger partial charge in [0, 0.05) is 23.3 Å². The van der Waals surface area contributed by atoms with E-state index in [0.717, 1.165) is 12.1 Å². The number of benzene rings is 4. The number of rotatable bonds is 18. The maximum Gasteiger partial charge on any atom is 0.335 e. The van der Waals surface area contributed by atoms with Crippen LogP contribution in [0.25, 0.3) is 0 Å². The normalized spacial score (nSPS) is 10.8. The quantitative estimate of drug-likeness (QED) is 0.0452. The summed E-state index contributed by atoms with van der Waals surface area (Å²) in [5.41, 5.74) is 0.817. The molecule has 0 aliphatic carbocycles. The van der Waals surface area contributed by atoms with Gasteiger partial charge in [-0.1, -0.05) is 25.3 Å². The molecule has 0 bridgehead atoms. The number of halogens is 2. The maximum atomic E-state index is 14.5. The van der Waals surface area contributed by atoms with Crippen LogP contribution in [-0.2, 0) is 51.3 Å². The fourth-order valence-electron chi connectivity index (χ4n) is 4.54. The molecule has 0 aromatic heterocycles. The van der Waals surface area contributed by atoms with Gasteiger partial charge in [0.25, 0.3) is 0 Å². The number of carbonyl (C=O) groups is 4. The lowest BCUT2D eigenvalue weighted by molar-refractivity contribution is -0.146. The van der Waals surface area contributed by atoms with Gasteiger partial charge in [-0.3, -0.25) is 9.59 Å². The molecular weight excluding hydrogens is 742 g/mol. The van der Waals surface area contributed by atoms with Crippen LogP contribution in [0.5, 0.6) is 23.0 Å². The standard InChI is InChI=1S/C40H36F2O12S/c1-25(2)39(45)51-23-49-31-9-5-27(35(41)21-31)7-19-37(43)53-29-11-15-33(16-12-29)55(47,48)34-17-13-30(14-18-34)54-38(44)20-8-28-6-10-32(22-36(28)42)50-24-52-40(46)26(3)4/h5-6,9-18,21-22H,1,3,7-8,19-20,23-24H2,2,4H3. The molecule has 0 saturated carbocycles. The zero-order valence-corrected chi connectivity index (χ0v) is 30.6. The molecule has 55 heavy (non-hydrogen) atoms. The van der Waals surface area contributed by atoms with E-state index in [1.807, 2.05) is 0 Å². The van der Waals surface area contributed by atoms with Crippen molar-refractivity contribution in [1.82, 2.24) is 0 Å². The Morgan fingerprint density at radius 3 is 1.24 bits per heavy atom. The molecular formula is C40H36F2O12S. The molecule has 0 spiro atoms. The lowest BCUT2D eigenvalue weighted by Gasteiger charge is -2.10. The van der Waals surface area contributed by atoms with E-state index >= 15 is 0 Å². The first kappa shape index (κ1) is 41.4. The second kappa shape index (κ2) is 19.1. The topological polar surface area (TPSA) is 158 Å². The molecule has 0 radical (unpaired) electrons. The fraction of sp³-hybridized carbons (Fsp3) is 0.200. The van der Waals surface area contributed by atoms with Crippen molar-refractivity contribution < 1.29 is 64.8 Å². The lowest BCUT2D eigenvalue weighted by Crippen LogP contribution is -2.11. The van der Waals surface area contributed by atoms with Crippen LogP contribution in [0.4, 0.5) is 8.78 Å². The highest BCUT2D eigenvalue weighted by atomic mass is 32.2. The molecule has 4 aromatic rings. The Kier molecular flexibility index (Phi) is 14.4. The lowest BCUT2D eigenvalue weighted by atomic mass is 10.1. The highest BCUT2D eigenvalue weighted by molar-refractivity contribution is 7.91. The van der Waals surface area contributed by atoms with Crippen molar-refractivity contribution in [2.75, 3.05) is 13.6 Å². The van der Waals surface area contributed by atoms with Crippen LogP contribution in [0, 0.1) is 11.6 Å². The first-order chi connectivity index (χ1) is 26.1. The number of hydrogen-bond donors (Lipinski definition) is 0. The third-order valence-electron chi connectivity index (χ3n) is 7.51. The third kappa shape index (κ3) is 12.4. The molecule has 0 fully saturated rings. The number of aryl methyl sites for hydroxylation is 2. The molecule has 4 rings (SSSR count). The van der Waals surface area contributed by atoms with E-state index in [4.69, 9.17) is 28.4 Å². The molecule has 0 aliphatic heterocycles. The Bertz CT molecular complexity index is 2030. The van der Waals surface area contributed by atoms with Crippen molar-refractivity contribution in [2.24, 2.45) is 0 Å². The van der Waals surface area contributed by atoms with Crippen LogP contribution in [0.15, 0.2) is 119 Å². The highest BCUT2D eigenvalue weighted by Gasteiger charge is 2.19. The van der Waals surface area contributed by atoms with Crippen LogP contribution in [-0.4, -0.2) is 45.9 Å². The Morgan fingerprint density at radius 2 is 0.909 bits per heavy atom. The Morgan fingerprint density at radius 1 is 0.564 bits per heavy atom. The minimum atomic E-state index is -4.01. The summed E-state index contributed by atoms with van der Waals surface area (Å²) in [6, 6.07) is 18.2. The molecule has 12 nitrogen and oxygen atoms in total. The van der Waals surface area contributed by atoms with Gasteiger partial charge in [0.1, 0.15) is 34.6 Å². The molecule has 0 saturated heterocycles. The van der Waals surface area contributed by atoms with Gasteiger partial charge in [0.15, 0.2) is 0 Å². The molecule has 288 valence electrons. The van der Waals surface area contributed by atoms with Gasteiger partial charge in [0.05, 0.1) is 22.6 Å². The zero-order valence-electron chi connectivity index (χ0n) is 29.8. The number of ether oxygens (including phenoxy) is 6. The Hall–Kier alpha value is -6.35. The predicted molar refractivity (Wildman–Crippen MR) is 192 cm³/mol. The predicted octanol–water partition coefficient (Wildman–Crippen LogP) is 6.79. The largest absolute Gasteiger partial charge is 0.457 e. The van der Waals surface area contributed by atoms with Crippen LogP contribution in [0.2, 0.25) is 0 Å². The van der Waals surface area contributed by atoms with Gasteiger partial charge in [-0.25, -0.2) is 26.8 Å². The summed E-state index contributed by atoms with van der Waals surface area (Å²) >= 11 is 0. The monoisotopic (exact) mass is 778 g/mol. The second-order valence-corrected chi connectivity index (χ2v) is 13.8. The molecule has 0 heterocycles. The van der Waals surface area contributed by atoms with E-state index in [-0.39, 0.29) is 80.7 Å². The first-order valence-electron chi connectivity index (χ1n) is 16.5. The second-order valence-electron chi connectivity index (χ2n) is 11.8. The van der Waals surface area contributed by atoms with Crippen molar-refractivity contribution in [1.29, 1.82) is 0 Å². The molecule has 0 N–H and O–H groups in total. The summed E-state index contributed by atoms with van der Waals surface area (Å²) in [7, 11) is -4.01. The summed E-state index contributed by atoms with van der Waals surface area (Å²) < 4.78 is 86.0. The summed E-state index contributed by atoms with van der Waals surface area (Å²) in [4.78, 5) is 47.5. The van der Waals surface area contributed by atoms with Gasteiger partial charge >= 0.3 is 23.9 Å². The number of carbonyl (C=O) groups excluding carboxylic acids is 4. The maximum absolute atomic E-state index is 14.5. The van der Waals surface area contributed by atoms with Crippen LogP contribution < -0.4 is 18.9 Å². The van der Waals surface area contributed by atoms with Gasteiger partial charge in [-0.05, 0) is 98.5 Å². The summed E-state index contributed by atoms with van der Waals surface area (Å²) in [6.45, 7) is 8.98. The van der Waals surface area contributed by atoms with Gasteiger partial charge in [-0.15, -0.1) is 0 Å². The van der Waals surface area contributed by atoms with E-state index in [0.29, 0.717) is 0 Å². The smallest absolute Gasteiger partial charge is 0.335 e. The van der Waals surface area contributed by atoms with Crippen molar-refractivity contribution in [2.45, 2.75) is 49.3 Å². The van der Waals surface area contributed by atoms with Crippen molar-refractivity contribution in [3.05, 3.63) is 132 Å². The number of sulfone groups is 1. The highest BCUT2D eigenvalue weighted by Crippen LogP contribution is 2.26. The van der Waals surface area contributed by atoms with Crippen molar-refractivity contribution in [3.63, 3.8) is 0 Å². The average Bonchev–Trinajstić information content (AvgIpc) is 3.14. The molecule has 0 unspecified atom stereocenters. The van der Waals surface area contributed by atoms with Crippen LogP contribution in [0.3, 0.4) is 0 Å². The average molecular weight is 779 g/mol. The van der Waals surface area contributed by atoms with Gasteiger partial charge < -0.3 is 28.4 Å². The number of esters is 4. The van der Waals surface area contributed by atoms with E-state index in [1.165, 1.54) is 86.6 Å². The Labute approximate surface area is 315 Å². The fourth-order valence-corrected chi connectivity index (χ4v) is 5.80. The van der Waals surface area contributed by atoms with E-state index in [2.05, 4.69) is 13.2 Å². The van der Waals surface area contributed by atoms with E-state index < -0.39 is 58.9 Å². The number of hydrogen-bond acceptors (Lipinski definition) is 12. The minimum Gasteiger partial charge on any atom is -0.457 e. The van der Waals surface area contributed by atoms with Crippen LogP contribution in [0.1, 0.15) is 37.8 Å². The van der Waals surface area contributed by atoms with Crippen molar-refractivity contribution >= 4 is 33.7 Å². The molecule has 0 amide bonds. The molecule has 0 aliphatic rings. The summed E-state index contributed by atoms with van der Waals surface area (Å²) in [5, 5.41) is 0. The Balaban J connectivity index is 1.23. The summed E-state index contributed by atoms with van der Waals surface area (Å²) in [5.74, 6) is -3.54. The van der Waals surface area contributed by atoms with E-state index in [9.17, 15) is 36.4 Å². The molecule has 0 atom stereocenters. The zero-order chi connectivity index (χ0) is 40.1. The SMILES string of the molecule is C=C(C)C(=O)OCOc1ccc(CCC(=O)Oc2ccc(S(=O)(=O)c3ccc(OC(=O)CCc4ccc(OCOC(=O)C(=C)C)cc4F)cc3)cc2)c(F)c1. The van der Waals surface area contributed by atoms with Crippen LogP contribution >= 0.6 is 0 Å². The molecule has 15 heteroatoms. The first-order valence-corrected chi connectivity index (χ1v) is 17.9. The minimum absolute atomic E-state index is 0.00848. The third-order valence-corrected chi connectivity index (χ3v) is 9.29. The van der Waals surface area contributed by atoms with Gasteiger partial charge in [0.2, 0.25) is 23.4 Å². The summed E-state index contributed by atoms with van der Waals surface area (Å²) in [6.07, 6.45) is -0.341. The molecule has 4 aromatic carbocycles. The van der Waals surface area contributed by atoms with Gasteiger partial charge in [-0.2, -0.15) is 0 Å². The van der Waals surface area contributed by atoms with Crippen molar-refractivity contribution in [3.8, 4) is 23.0 Å².